The molecule has 0 unspecified atom stereocenters. The third kappa shape index (κ3) is 3.47. The molecule has 0 aliphatic rings. The third-order valence-electron chi connectivity index (χ3n) is 1.52. The van der Waals surface area contributed by atoms with Crippen LogP contribution in [0.25, 0.3) is 0 Å². The van der Waals surface area contributed by atoms with E-state index in [-0.39, 0.29) is 0 Å². The Morgan fingerprint density at radius 3 is 2.25 bits per heavy atom. The Kier molecular flexibility index (Phi) is 6.27. The minimum atomic E-state index is -2.36. The van der Waals surface area contributed by atoms with Crippen LogP contribution in [0.2, 0.25) is 0 Å². The Morgan fingerprint density at radius 2 is 1.92 bits per heavy atom. The monoisotopic (exact) mass is 212 g/mol. The van der Waals surface area contributed by atoms with Gasteiger partial charge in [-0.25, -0.2) is 0 Å². The summed E-state index contributed by atoms with van der Waals surface area (Å²) < 4.78 is 11.6. The Labute approximate surface area is 79.2 Å². The molecule has 0 aliphatic heterocycles. The molecule has 0 rings (SSSR count). The van der Waals surface area contributed by atoms with Crippen molar-refractivity contribution in [3.63, 3.8) is 0 Å². The number of hydrogen-bond donors (Lipinski definition) is 1. The summed E-state index contributed by atoms with van der Waals surface area (Å²) in [6.07, 6.45) is 2.08. The van der Waals surface area contributed by atoms with Crippen molar-refractivity contribution in [3.8, 4) is 0 Å². The molecule has 0 radical (unpaired) electrons. The molecule has 0 aromatic carbocycles. The van der Waals surface area contributed by atoms with E-state index >= 15 is 0 Å². The second-order valence-corrected chi connectivity index (χ2v) is 5.92. The highest BCUT2D eigenvalue weighted by Crippen LogP contribution is 2.48. The van der Waals surface area contributed by atoms with Crippen molar-refractivity contribution in [2.45, 2.75) is 19.8 Å². The van der Waals surface area contributed by atoms with Gasteiger partial charge in [-0.15, -0.1) is 0 Å². The Hall–Kier alpha value is 0.490. The van der Waals surface area contributed by atoms with Crippen molar-refractivity contribution in [3.05, 3.63) is 0 Å². The molecule has 0 atom stereocenters. The van der Waals surface area contributed by atoms with Gasteiger partial charge in [-0.1, -0.05) is 13.3 Å². The van der Waals surface area contributed by atoms with Crippen molar-refractivity contribution in [2.24, 2.45) is 5.84 Å². The molecule has 0 aromatic heterocycles. The minimum absolute atomic E-state index is 0.718. The van der Waals surface area contributed by atoms with Crippen LogP contribution >= 0.6 is 6.64 Å². The summed E-state index contributed by atoms with van der Waals surface area (Å²) in [6, 6.07) is 0. The molecule has 0 heterocycles. The number of hydrazine groups is 1. The van der Waals surface area contributed by atoms with Crippen LogP contribution < -0.4 is 5.84 Å². The van der Waals surface area contributed by atoms with Crippen molar-refractivity contribution in [1.82, 2.24) is 4.78 Å². The van der Waals surface area contributed by atoms with Crippen molar-refractivity contribution in [2.75, 3.05) is 20.8 Å². The largest absolute Gasteiger partial charge is 0.320 e. The van der Waals surface area contributed by atoms with Crippen molar-refractivity contribution >= 4 is 18.4 Å². The standard InChI is InChI=1S/C6H17N2O2PS/c1-4-5-6-8(7)11(12,9-2)10-3/h4-7H2,1-3H3. The number of nitrogens with zero attached hydrogens (tertiary/aromatic N) is 1. The van der Waals surface area contributed by atoms with E-state index in [9.17, 15) is 0 Å². The first kappa shape index (κ1) is 12.5. The highest BCUT2D eigenvalue weighted by Gasteiger charge is 2.21. The first-order valence-electron chi connectivity index (χ1n) is 3.85. The van der Waals surface area contributed by atoms with E-state index in [0.29, 0.717) is 0 Å². The van der Waals surface area contributed by atoms with Gasteiger partial charge in [0.1, 0.15) is 0 Å². The van der Waals surface area contributed by atoms with Crippen LogP contribution in [0.5, 0.6) is 0 Å². The molecule has 4 nitrogen and oxygen atoms in total. The fourth-order valence-corrected chi connectivity index (χ4v) is 1.93. The van der Waals surface area contributed by atoms with Crippen LogP contribution in [-0.4, -0.2) is 25.5 Å². The van der Waals surface area contributed by atoms with Gasteiger partial charge in [-0.2, -0.15) is 4.78 Å². The van der Waals surface area contributed by atoms with E-state index in [0.717, 1.165) is 19.4 Å². The van der Waals surface area contributed by atoms with Gasteiger partial charge in [0.05, 0.1) is 0 Å². The lowest BCUT2D eigenvalue weighted by atomic mass is 10.3. The SMILES string of the molecule is CCCCN(N)P(=S)(OC)OC. The second kappa shape index (κ2) is 6.02. The second-order valence-electron chi connectivity index (χ2n) is 2.35. The molecule has 0 saturated heterocycles. The van der Waals surface area contributed by atoms with Crippen LogP contribution in [0.3, 0.4) is 0 Å². The number of nitrogens with two attached hydrogens (primary N) is 1. The topological polar surface area (TPSA) is 47.7 Å². The molecule has 0 bridgehead atoms. The Balaban J connectivity index is 4.03. The summed E-state index contributed by atoms with van der Waals surface area (Å²) in [5, 5.41) is 0. The fraction of sp³-hybridized carbons (Fsp3) is 1.00. The zero-order chi connectivity index (χ0) is 9.61. The minimum Gasteiger partial charge on any atom is -0.320 e. The average Bonchev–Trinajstić information content (AvgIpc) is 2.12. The number of unbranched alkanes of at least 4 members (excludes halogenated alkanes) is 1. The Bertz CT molecular complexity index is 160. The quantitative estimate of drug-likeness (QED) is 0.410. The molecule has 0 spiro atoms. The molecule has 0 amide bonds. The molecule has 12 heavy (non-hydrogen) atoms. The highest BCUT2D eigenvalue weighted by molar-refractivity contribution is 8.08. The maximum atomic E-state index is 5.69. The van der Waals surface area contributed by atoms with E-state index in [1.165, 1.54) is 19.0 Å². The lowest BCUT2D eigenvalue weighted by Gasteiger charge is -2.26. The van der Waals surface area contributed by atoms with Crippen LogP contribution in [-0.2, 0) is 20.9 Å². The summed E-state index contributed by atoms with van der Waals surface area (Å²) in [5.41, 5.74) is 0. The predicted molar refractivity (Wildman–Crippen MR) is 54.1 cm³/mol. The smallest absolute Gasteiger partial charge is 0.276 e. The van der Waals surface area contributed by atoms with Crippen LogP contribution in [0.4, 0.5) is 0 Å². The van der Waals surface area contributed by atoms with Crippen molar-refractivity contribution in [1.29, 1.82) is 0 Å². The molecular weight excluding hydrogens is 195 g/mol. The Morgan fingerprint density at radius 1 is 1.42 bits per heavy atom. The van der Waals surface area contributed by atoms with Gasteiger partial charge in [0.2, 0.25) is 0 Å². The summed E-state index contributed by atoms with van der Waals surface area (Å²) in [7, 11) is 3.05. The van der Waals surface area contributed by atoms with E-state index < -0.39 is 6.64 Å². The average molecular weight is 212 g/mol. The molecule has 6 heteroatoms. The van der Waals surface area contributed by atoms with E-state index in [4.69, 9.17) is 26.7 Å². The van der Waals surface area contributed by atoms with E-state index in [1.807, 2.05) is 0 Å². The molecule has 0 aliphatic carbocycles. The van der Waals surface area contributed by atoms with Crippen molar-refractivity contribution < 1.29 is 9.05 Å². The lowest BCUT2D eigenvalue weighted by Crippen LogP contribution is -2.29. The summed E-state index contributed by atoms with van der Waals surface area (Å²) in [6.45, 7) is 0.454. The highest BCUT2D eigenvalue weighted by atomic mass is 32.5. The zero-order valence-electron chi connectivity index (χ0n) is 7.82. The maximum Gasteiger partial charge on any atom is 0.276 e. The fourth-order valence-electron chi connectivity index (χ4n) is 0.727. The molecule has 0 saturated carbocycles. The van der Waals surface area contributed by atoms with E-state index in [1.54, 1.807) is 0 Å². The molecular formula is C6H17N2O2PS. The van der Waals surface area contributed by atoms with Gasteiger partial charge < -0.3 is 9.05 Å². The summed E-state index contributed by atoms with van der Waals surface area (Å²) >= 11 is 5.11. The normalized spacial score (nSPS) is 12.4. The van der Waals surface area contributed by atoms with Gasteiger partial charge in [0, 0.05) is 20.8 Å². The summed E-state index contributed by atoms with van der Waals surface area (Å²) in [5.74, 6) is 5.69. The molecule has 0 aromatic rings. The molecule has 0 fully saturated rings. The van der Waals surface area contributed by atoms with Gasteiger partial charge in [-0.05, 0) is 18.2 Å². The van der Waals surface area contributed by atoms with Crippen LogP contribution in [0, 0.1) is 0 Å². The summed E-state index contributed by atoms with van der Waals surface area (Å²) in [4.78, 5) is 0. The first-order valence-corrected chi connectivity index (χ1v) is 6.44. The first-order chi connectivity index (χ1) is 5.60. The van der Waals surface area contributed by atoms with Gasteiger partial charge >= 0.3 is 0 Å². The lowest BCUT2D eigenvalue weighted by molar-refractivity contribution is 0.264. The zero-order valence-corrected chi connectivity index (χ0v) is 9.53. The predicted octanol–water partition coefficient (Wildman–Crippen LogP) is 1.48. The van der Waals surface area contributed by atoms with Crippen LogP contribution in [0.15, 0.2) is 0 Å². The number of hydrogen-bond acceptors (Lipinski definition) is 4. The third-order valence-corrected chi connectivity index (χ3v) is 4.79. The number of rotatable bonds is 6. The van der Waals surface area contributed by atoms with E-state index in [2.05, 4.69) is 6.92 Å². The van der Waals surface area contributed by atoms with Gasteiger partial charge in [0.25, 0.3) is 6.64 Å². The van der Waals surface area contributed by atoms with Gasteiger partial charge in [0.15, 0.2) is 0 Å². The molecule has 74 valence electrons. The van der Waals surface area contributed by atoms with Crippen LogP contribution in [0.1, 0.15) is 19.8 Å². The maximum absolute atomic E-state index is 5.69. The van der Waals surface area contributed by atoms with Gasteiger partial charge in [-0.3, -0.25) is 5.84 Å². The molecule has 2 N–H and O–H groups in total.